The van der Waals surface area contributed by atoms with Crippen molar-refractivity contribution in [2.24, 2.45) is 5.92 Å². The minimum absolute atomic E-state index is 0.0159. The van der Waals surface area contributed by atoms with E-state index in [0.29, 0.717) is 10.9 Å². The number of alkyl halides is 3. The summed E-state index contributed by atoms with van der Waals surface area (Å²) >= 11 is 4.28. The Morgan fingerprint density at radius 1 is 1.37 bits per heavy atom. The van der Waals surface area contributed by atoms with Gasteiger partial charge in [0.15, 0.2) is 12.4 Å². The van der Waals surface area contributed by atoms with Gasteiger partial charge in [-0.3, -0.25) is 14.4 Å². The van der Waals surface area contributed by atoms with Crippen LogP contribution in [-0.4, -0.2) is 49.0 Å². The number of benzene rings is 1. The van der Waals surface area contributed by atoms with Crippen LogP contribution in [0, 0.1) is 5.92 Å². The zero-order chi connectivity index (χ0) is 22.1. The lowest BCUT2D eigenvalue weighted by Gasteiger charge is -2.17. The number of nitrogens with zero attached hydrogens (tertiary/aromatic N) is 1. The Hall–Kier alpha value is -1.72. The summed E-state index contributed by atoms with van der Waals surface area (Å²) in [5.41, 5.74) is 0.336. The summed E-state index contributed by atoms with van der Waals surface area (Å²) in [7, 11) is 0. The number of halogens is 4. The Kier molecular flexibility index (Phi) is 7.03. The fourth-order valence-electron chi connectivity index (χ4n) is 3.11. The first kappa shape index (κ1) is 23.0. The lowest BCUT2D eigenvalue weighted by molar-refractivity contribution is -0.176. The second-order valence-corrected chi connectivity index (χ2v) is 8.31. The van der Waals surface area contributed by atoms with Gasteiger partial charge in [-0.1, -0.05) is 0 Å². The first-order valence-corrected chi connectivity index (χ1v) is 11.1. The summed E-state index contributed by atoms with van der Waals surface area (Å²) < 4.78 is 48.9. The third-order valence-electron chi connectivity index (χ3n) is 4.51. The molecule has 1 heterocycles. The molecule has 0 bridgehead atoms. The number of thioether (sulfide) groups is 1. The molecule has 0 radical (unpaired) electrons. The van der Waals surface area contributed by atoms with Crippen molar-refractivity contribution in [3.8, 4) is 5.75 Å². The van der Waals surface area contributed by atoms with Crippen LogP contribution >= 0.6 is 27.7 Å². The normalized spacial score (nSPS) is 19.3. The SMILES string of the molecule is CCOC1=C(C(=O)c2ccc(Br)c(OCC(F)(F)F)c2SC)C(C2CC2)ON1C=O. The molecule has 0 aromatic heterocycles. The van der Waals surface area contributed by atoms with Gasteiger partial charge in [0, 0.05) is 5.56 Å². The van der Waals surface area contributed by atoms with Gasteiger partial charge < -0.3 is 9.47 Å². The highest BCUT2D eigenvalue weighted by Crippen LogP contribution is 2.45. The van der Waals surface area contributed by atoms with Gasteiger partial charge in [0.05, 0.1) is 21.5 Å². The molecular formula is C19H19BrF3NO5S. The number of rotatable bonds is 9. The van der Waals surface area contributed by atoms with Gasteiger partial charge >= 0.3 is 6.18 Å². The average Bonchev–Trinajstić information content (AvgIpc) is 3.47. The summed E-state index contributed by atoms with van der Waals surface area (Å²) in [6.45, 7) is 0.419. The Balaban J connectivity index is 2.06. The third kappa shape index (κ3) is 4.78. The van der Waals surface area contributed by atoms with Crippen molar-refractivity contribution in [3.63, 3.8) is 0 Å². The quantitative estimate of drug-likeness (QED) is 0.272. The van der Waals surface area contributed by atoms with Crippen LogP contribution in [0.1, 0.15) is 30.1 Å². The average molecular weight is 510 g/mol. The summed E-state index contributed by atoms with van der Waals surface area (Å²) in [4.78, 5) is 30.8. The van der Waals surface area contributed by atoms with Gasteiger partial charge in [0.2, 0.25) is 12.3 Å². The molecule has 6 nitrogen and oxygen atoms in total. The smallest absolute Gasteiger partial charge is 0.422 e. The topological polar surface area (TPSA) is 65.1 Å². The van der Waals surface area contributed by atoms with Crippen molar-refractivity contribution in [2.75, 3.05) is 19.5 Å². The van der Waals surface area contributed by atoms with Gasteiger partial charge in [0.1, 0.15) is 11.9 Å². The molecule has 1 saturated carbocycles. The van der Waals surface area contributed by atoms with Crippen molar-refractivity contribution in [1.29, 1.82) is 0 Å². The molecular weight excluding hydrogens is 491 g/mol. The fraction of sp³-hybridized carbons (Fsp3) is 0.474. The number of hydroxylamine groups is 2. The Labute approximate surface area is 183 Å². The second-order valence-electron chi connectivity index (χ2n) is 6.64. The number of amides is 1. The number of Topliss-reactive ketones (excluding diaryl/α,β-unsaturated/α-hetero) is 1. The maximum Gasteiger partial charge on any atom is 0.422 e. The van der Waals surface area contributed by atoms with Gasteiger partial charge in [-0.25, -0.2) is 0 Å². The largest absolute Gasteiger partial charge is 0.482 e. The third-order valence-corrected chi connectivity index (χ3v) is 5.94. The predicted octanol–water partition coefficient (Wildman–Crippen LogP) is 4.73. The Morgan fingerprint density at radius 3 is 2.60 bits per heavy atom. The maximum atomic E-state index is 13.5. The van der Waals surface area contributed by atoms with Crippen molar-refractivity contribution < 1.29 is 37.1 Å². The van der Waals surface area contributed by atoms with Gasteiger partial charge in [-0.2, -0.15) is 18.2 Å². The molecule has 1 fully saturated rings. The zero-order valence-electron chi connectivity index (χ0n) is 16.1. The van der Waals surface area contributed by atoms with Crippen LogP contribution in [0.3, 0.4) is 0 Å². The van der Waals surface area contributed by atoms with E-state index in [2.05, 4.69) is 15.9 Å². The van der Waals surface area contributed by atoms with E-state index < -0.39 is 24.7 Å². The summed E-state index contributed by atoms with van der Waals surface area (Å²) in [5.74, 6) is -0.465. The summed E-state index contributed by atoms with van der Waals surface area (Å²) in [5, 5.41) is 0.901. The molecule has 0 saturated heterocycles. The number of hydrogen-bond acceptors (Lipinski definition) is 6. The van der Waals surface area contributed by atoms with Gasteiger partial charge in [-0.15, -0.1) is 11.8 Å². The molecule has 1 aromatic rings. The van der Waals surface area contributed by atoms with Crippen molar-refractivity contribution in [2.45, 2.75) is 36.9 Å². The second kappa shape index (κ2) is 9.19. The highest BCUT2D eigenvalue weighted by Gasteiger charge is 2.47. The van der Waals surface area contributed by atoms with Crippen LogP contribution in [0.15, 0.2) is 33.0 Å². The van der Waals surface area contributed by atoms with E-state index in [0.717, 1.165) is 29.7 Å². The predicted molar refractivity (Wildman–Crippen MR) is 106 cm³/mol. The molecule has 1 aliphatic carbocycles. The molecule has 30 heavy (non-hydrogen) atoms. The van der Waals surface area contributed by atoms with Crippen LogP contribution < -0.4 is 4.74 Å². The molecule has 1 amide bonds. The fourth-order valence-corrected chi connectivity index (χ4v) is 4.43. The number of carbonyl (C=O) groups is 2. The standard InChI is InChI=1S/C19H19BrF3NO5S/c1-3-27-18-13(15(10-4-5-10)29-24(18)9-25)14(26)11-6-7-12(20)16(17(11)30-2)28-8-19(21,22)23/h6-7,9-10,15H,3-5,8H2,1-2H3. The number of carbonyl (C=O) groups excluding carboxylic acids is 2. The van der Waals surface area contributed by atoms with Crippen LogP contribution in [0.4, 0.5) is 13.2 Å². The highest BCUT2D eigenvalue weighted by molar-refractivity contribution is 9.10. The van der Waals surface area contributed by atoms with Crippen molar-refractivity contribution >= 4 is 39.9 Å². The first-order chi connectivity index (χ1) is 14.2. The maximum absolute atomic E-state index is 13.5. The molecule has 1 aliphatic heterocycles. The van der Waals surface area contributed by atoms with Gasteiger partial charge in [-0.05, 0) is 60.0 Å². The van der Waals surface area contributed by atoms with E-state index in [1.807, 2.05) is 0 Å². The van der Waals surface area contributed by atoms with E-state index in [-0.39, 0.29) is 40.2 Å². The highest BCUT2D eigenvalue weighted by atomic mass is 79.9. The molecule has 3 rings (SSSR count). The van der Waals surface area contributed by atoms with Crippen LogP contribution in [-0.2, 0) is 14.4 Å². The van der Waals surface area contributed by atoms with E-state index in [1.54, 1.807) is 13.2 Å². The van der Waals surface area contributed by atoms with Crippen LogP contribution in [0.25, 0.3) is 0 Å². The number of ether oxygens (including phenoxy) is 2. The number of ketones is 1. The molecule has 11 heteroatoms. The number of hydrogen-bond donors (Lipinski definition) is 0. The van der Waals surface area contributed by atoms with Crippen molar-refractivity contribution in [1.82, 2.24) is 5.06 Å². The van der Waals surface area contributed by atoms with E-state index in [4.69, 9.17) is 14.3 Å². The summed E-state index contributed by atoms with van der Waals surface area (Å²) in [6.07, 6.45) is -1.44. The Morgan fingerprint density at radius 2 is 2.07 bits per heavy atom. The molecule has 1 unspecified atom stereocenters. The first-order valence-electron chi connectivity index (χ1n) is 9.10. The summed E-state index contributed by atoms with van der Waals surface area (Å²) in [6, 6.07) is 2.96. The van der Waals surface area contributed by atoms with Crippen LogP contribution in [0.2, 0.25) is 0 Å². The lowest BCUT2D eigenvalue weighted by Crippen LogP contribution is -2.23. The van der Waals surface area contributed by atoms with E-state index in [9.17, 15) is 22.8 Å². The van der Waals surface area contributed by atoms with E-state index in [1.165, 1.54) is 12.1 Å². The van der Waals surface area contributed by atoms with Crippen molar-refractivity contribution in [3.05, 3.63) is 33.6 Å². The lowest BCUT2D eigenvalue weighted by atomic mass is 9.96. The molecule has 0 spiro atoms. The minimum Gasteiger partial charge on any atom is -0.482 e. The van der Waals surface area contributed by atoms with E-state index >= 15 is 0 Å². The molecule has 1 aromatic carbocycles. The monoisotopic (exact) mass is 509 g/mol. The molecule has 2 aliphatic rings. The molecule has 0 N–H and O–H groups in total. The zero-order valence-corrected chi connectivity index (χ0v) is 18.5. The Bertz CT molecular complexity index is 872. The molecule has 164 valence electrons. The molecule has 1 atom stereocenters. The minimum atomic E-state index is -4.53. The van der Waals surface area contributed by atoms with Crippen LogP contribution in [0.5, 0.6) is 5.75 Å². The van der Waals surface area contributed by atoms with Gasteiger partial charge in [0.25, 0.3) is 0 Å².